The Balaban J connectivity index is 2.29. The van der Waals surface area contributed by atoms with E-state index in [1.807, 2.05) is 6.92 Å². The SMILES string of the molecule is CC1CN(S(=O)(=O)c2ccc(Cl)c(Cl)c2)CCC1Cl. The first-order chi connectivity index (χ1) is 8.82. The highest BCUT2D eigenvalue weighted by atomic mass is 35.5. The molecule has 2 unspecified atom stereocenters. The lowest BCUT2D eigenvalue weighted by molar-refractivity contribution is 0.286. The van der Waals surface area contributed by atoms with Crippen molar-refractivity contribution in [1.82, 2.24) is 4.31 Å². The van der Waals surface area contributed by atoms with Gasteiger partial charge in [-0.3, -0.25) is 0 Å². The van der Waals surface area contributed by atoms with E-state index < -0.39 is 10.0 Å². The molecule has 1 aromatic carbocycles. The van der Waals surface area contributed by atoms with Crippen molar-refractivity contribution >= 4 is 44.8 Å². The number of alkyl halides is 1. The molecule has 0 amide bonds. The highest BCUT2D eigenvalue weighted by Crippen LogP contribution is 2.30. The fourth-order valence-corrected chi connectivity index (χ4v) is 4.21. The van der Waals surface area contributed by atoms with Crippen molar-refractivity contribution in [3.8, 4) is 0 Å². The second-order valence-electron chi connectivity index (χ2n) is 4.72. The van der Waals surface area contributed by atoms with Gasteiger partial charge in [0.25, 0.3) is 0 Å². The molecule has 2 rings (SSSR count). The van der Waals surface area contributed by atoms with E-state index in [1.165, 1.54) is 22.5 Å². The van der Waals surface area contributed by atoms with Gasteiger partial charge in [-0.2, -0.15) is 4.31 Å². The van der Waals surface area contributed by atoms with Crippen LogP contribution in [0.2, 0.25) is 10.0 Å². The number of piperidine rings is 1. The van der Waals surface area contributed by atoms with E-state index in [4.69, 9.17) is 34.8 Å². The van der Waals surface area contributed by atoms with Crippen molar-refractivity contribution in [1.29, 1.82) is 0 Å². The van der Waals surface area contributed by atoms with Crippen LogP contribution in [-0.4, -0.2) is 31.2 Å². The Labute approximate surface area is 128 Å². The van der Waals surface area contributed by atoms with Gasteiger partial charge in [0.2, 0.25) is 10.0 Å². The van der Waals surface area contributed by atoms with E-state index in [2.05, 4.69) is 0 Å². The van der Waals surface area contributed by atoms with Gasteiger partial charge in [0, 0.05) is 18.5 Å². The molecule has 0 radical (unpaired) electrons. The molecule has 1 aromatic rings. The van der Waals surface area contributed by atoms with Crippen LogP contribution in [0.5, 0.6) is 0 Å². The average Bonchev–Trinajstić information content (AvgIpc) is 2.35. The molecule has 3 nitrogen and oxygen atoms in total. The molecule has 1 heterocycles. The maximum Gasteiger partial charge on any atom is 0.243 e. The molecular weight excluding hydrogens is 329 g/mol. The third-order valence-corrected chi connectivity index (χ3v) is 6.54. The summed E-state index contributed by atoms with van der Waals surface area (Å²) in [7, 11) is -3.53. The Morgan fingerprint density at radius 2 is 1.95 bits per heavy atom. The van der Waals surface area contributed by atoms with Gasteiger partial charge in [0.15, 0.2) is 0 Å². The van der Waals surface area contributed by atoms with Crippen molar-refractivity contribution in [3.63, 3.8) is 0 Å². The fraction of sp³-hybridized carbons (Fsp3) is 0.500. The van der Waals surface area contributed by atoms with Crippen LogP contribution < -0.4 is 0 Å². The Bertz CT molecular complexity index is 576. The second-order valence-corrected chi connectivity index (χ2v) is 8.03. The van der Waals surface area contributed by atoms with E-state index in [0.717, 1.165) is 0 Å². The smallest absolute Gasteiger partial charge is 0.207 e. The summed E-state index contributed by atoms with van der Waals surface area (Å²) >= 11 is 17.8. The van der Waals surface area contributed by atoms with Crippen LogP contribution in [0.15, 0.2) is 23.1 Å². The molecule has 0 spiro atoms. The molecule has 1 saturated heterocycles. The van der Waals surface area contributed by atoms with Gasteiger partial charge < -0.3 is 0 Å². The van der Waals surface area contributed by atoms with Crippen molar-refractivity contribution in [2.75, 3.05) is 13.1 Å². The van der Waals surface area contributed by atoms with Crippen molar-refractivity contribution < 1.29 is 8.42 Å². The van der Waals surface area contributed by atoms with Gasteiger partial charge >= 0.3 is 0 Å². The number of benzene rings is 1. The molecule has 0 N–H and O–H groups in total. The first-order valence-corrected chi connectivity index (χ1v) is 8.55. The van der Waals surface area contributed by atoms with Gasteiger partial charge in [-0.05, 0) is 30.5 Å². The molecule has 0 bridgehead atoms. The summed E-state index contributed by atoms with van der Waals surface area (Å²) in [6.07, 6.45) is 0.656. The van der Waals surface area contributed by atoms with Crippen molar-refractivity contribution in [2.24, 2.45) is 5.92 Å². The largest absolute Gasteiger partial charge is 0.243 e. The number of nitrogens with zero attached hydrogens (tertiary/aromatic N) is 1. The first-order valence-electron chi connectivity index (χ1n) is 5.91. The predicted octanol–water partition coefficient (Wildman–Crippen LogP) is 3.63. The number of halogens is 3. The monoisotopic (exact) mass is 341 g/mol. The number of rotatable bonds is 2. The third-order valence-electron chi connectivity index (χ3n) is 3.29. The maximum absolute atomic E-state index is 12.5. The standard InChI is InChI=1S/C12H14Cl3NO2S/c1-8-7-16(5-4-10(8)13)19(17,18)9-2-3-11(14)12(15)6-9/h2-3,6,8,10H,4-5,7H2,1H3. The Morgan fingerprint density at radius 1 is 1.26 bits per heavy atom. The van der Waals surface area contributed by atoms with Crippen molar-refractivity contribution in [3.05, 3.63) is 28.2 Å². The van der Waals surface area contributed by atoms with E-state index in [1.54, 1.807) is 0 Å². The zero-order chi connectivity index (χ0) is 14.2. The Hall–Kier alpha value is -0.000000000000000167. The van der Waals surface area contributed by atoms with Crippen LogP contribution in [0.1, 0.15) is 13.3 Å². The van der Waals surface area contributed by atoms with Crippen LogP contribution in [0, 0.1) is 5.92 Å². The first kappa shape index (κ1) is 15.4. The summed E-state index contributed by atoms with van der Waals surface area (Å²) in [5.41, 5.74) is 0. The minimum atomic E-state index is -3.53. The Kier molecular flexibility index (Phi) is 4.68. The fourth-order valence-electron chi connectivity index (χ4n) is 2.08. The lowest BCUT2D eigenvalue weighted by Gasteiger charge is -2.33. The van der Waals surface area contributed by atoms with Gasteiger partial charge in [-0.15, -0.1) is 11.6 Å². The minimum Gasteiger partial charge on any atom is -0.207 e. The zero-order valence-electron chi connectivity index (χ0n) is 10.3. The van der Waals surface area contributed by atoms with Crippen LogP contribution in [0.25, 0.3) is 0 Å². The third kappa shape index (κ3) is 3.19. The summed E-state index contributed by atoms with van der Waals surface area (Å²) < 4.78 is 26.4. The van der Waals surface area contributed by atoms with E-state index in [-0.39, 0.29) is 21.2 Å². The summed E-state index contributed by atoms with van der Waals surface area (Å²) in [5.74, 6) is 0.132. The molecule has 19 heavy (non-hydrogen) atoms. The topological polar surface area (TPSA) is 37.4 Å². The molecule has 0 aromatic heterocycles. The molecule has 0 saturated carbocycles. The van der Waals surface area contributed by atoms with Gasteiger partial charge in [0.05, 0.1) is 14.9 Å². The van der Waals surface area contributed by atoms with Gasteiger partial charge in [-0.1, -0.05) is 30.1 Å². The molecule has 1 fully saturated rings. The quantitative estimate of drug-likeness (QED) is 0.770. The highest BCUT2D eigenvalue weighted by Gasteiger charge is 2.32. The van der Waals surface area contributed by atoms with Gasteiger partial charge in [-0.25, -0.2) is 8.42 Å². The average molecular weight is 343 g/mol. The van der Waals surface area contributed by atoms with Crippen molar-refractivity contribution in [2.45, 2.75) is 23.6 Å². The molecule has 1 aliphatic rings. The number of hydrogen-bond donors (Lipinski definition) is 0. The van der Waals surface area contributed by atoms with Crippen LogP contribution in [0.4, 0.5) is 0 Å². The van der Waals surface area contributed by atoms with Crippen LogP contribution in [-0.2, 0) is 10.0 Å². The summed E-state index contributed by atoms with van der Waals surface area (Å²) in [4.78, 5) is 0.169. The van der Waals surface area contributed by atoms with E-state index in [9.17, 15) is 8.42 Å². The molecule has 2 atom stereocenters. The highest BCUT2D eigenvalue weighted by molar-refractivity contribution is 7.89. The molecule has 106 valence electrons. The van der Waals surface area contributed by atoms with Crippen LogP contribution >= 0.6 is 34.8 Å². The predicted molar refractivity (Wildman–Crippen MR) is 78.6 cm³/mol. The molecule has 7 heteroatoms. The minimum absolute atomic E-state index is 0.0280. The maximum atomic E-state index is 12.5. The number of sulfonamides is 1. The van der Waals surface area contributed by atoms with E-state index in [0.29, 0.717) is 24.5 Å². The van der Waals surface area contributed by atoms with Gasteiger partial charge in [0.1, 0.15) is 0 Å². The number of hydrogen-bond acceptors (Lipinski definition) is 2. The second kappa shape index (κ2) is 5.78. The lowest BCUT2D eigenvalue weighted by atomic mass is 10.0. The van der Waals surface area contributed by atoms with E-state index >= 15 is 0 Å². The summed E-state index contributed by atoms with van der Waals surface area (Å²) in [6, 6.07) is 4.35. The molecular formula is C12H14Cl3NO2S. The van der Waals surface area contributed by atoms with Crippen LogP contribution in [0.3, 0.4) is 0 Å². The lowest BCUT2D eigenvalue weighted by Crippen LogP contribution is -2.43. The Morgan fingerprint density at radius 3 is 2.53 bits per heavy atom. The normalized spacial score (nSPS) is 25.5. The summed E-state index contributed by atoms with van der Waals surface area (Å²) in [6.45, 7) is 2.81. The molecule has 0 aliphatic carbocycles. The summed E-state index contributed by atoms with van der Waals surface area (Å²) in [5, 5.41) is 0.608. The zero-order valence-corrected chi connectivity index (χ0v) is 13.4. The molecule has 1 aliphatic heterocycles.